The van der Waals surface area contributed by atoms with E-state index in [0.717, 1.165) is 22.3 Å². The van der Waals surface area contributed by atoms with Crippen LogP contribution in [0, 0.1) is 0 Å². The maximum atomic E-state index is 5.26. The molecule has 1 heterocycles. The number of nitrogens with one attached hydrogen (secondary N) is 2. The van der Waals surface area contributed by atoms with Crippen molar-refractivity contribution in [3.63, 3.8) is 0 Å². The predicted octanol–water partition coefficient (Wildman–Crippen LogP) is 4.55. The molecule has 0 spiro atoms. The number of aromatic nitrogens is 1. The van der Waals surface area contributed by atoms with Crippen LogP contribution in [0.15, 0.2) is 30.3 Å². The molecule has 2 rings (SSSR count). The van der Waals surface area contributed by atoms with Gasteiger partial charge in [0.05, 0.1) is 5.52 Å². The van der Waals surface area contributed by atoms with E-state index in [-0.39, 0.29) is 2.85 Å². The fourth-order valence-electron chi connectivity index (χ4n) is 1.96. The largest absolute Gasteiger partial charge is 0.360 e. The molecule has 0 saturated heterocycles. The lowest BCUT2D eigenvalue weighted by atomic mass is 10.1. The maximum Gasteiger partial charge on any atom is 0.170 e. The molecule has 0 bridgehead atoms. The maximum absolute atomic E-state index is 5.26. The van der Waals surface area contributed by atoms with Crippen molar-refractivity contribution >= 4 is 33.9 Å². The highest BCUT2D eigenvalue weighted by Gasteiger charge is 2.04. The van der Waals surface area contributed by atoms with Gasteiger partial charge in [0.25, 0.3) is 0 Å². The highest BCUT2D eigenvalue weighted by atomic mass is 32.1. The standard InChI is InChI=1S/C16H21N3S.2H2/c1-10(2)14-8-6-12-5-7-13(9-15(12)19-14)18-16(20)17-11(3)4;;/h5-11H,1-4H3,(H2,17,18,20);2*1H. The Morgan fingerprint density at radius 2 is 1.85 bits per heavy atom. The molecular formula is C16H25N3S. The van der Waals surface area contributed by atoms with E-state index in [1.807, 2.05) is 12.1 Å². The van der Waals surface area contributed by atoms with Gasteiger partial charge in [-0.05, 0) is 50.2 Å². The molecule has 0 aliphatic carbocycles. The van der Waals surface area contributed by atoms with E-state index in [1.165, 1.54) is 0 Å². The van der Waals surface area contributed by atoms with Crippen molar-refractivity contribution in [3.8, 4) is 0 Å². The number of nitrogens with zero attached hydrogens (tertiary/aromatic N) is 1. The Morgan fingerprint density at radius 1 is 1.15 bits per heavy atom. The number of thiocarbonyl (C=S) groups is 1. The molecular weight excluding hydrogens is 266 g/mol. The molecule has 0 aliphatic heterocycles. The first-order valence-electron chi connectivity index (χ1n) is 6.94. The quantitative estimate of drug-likeness (QED) is 0.814. The first kappa shape index (κ1) is 14.7. The topological polar surface area (TPSA) is 37.0 Å². The molecule has 2 aromatic rings. The summed E-state index contributed by atoms with van der Waals surface area (Å²) < 4.78 is 0. The summed E-state index contributed by atoms with van der Waals surface area (Å²) in [5.41, 5.74) is 3.06. The van der Waals surface area contributed by atoms with Gasteiger partial charge in [0.2, 0.25) is 0 Å². The molecule has 0 atom stereocenters. The van der Waals surface area contributed by atoms with Crippen LogP contribution in [0.1, 0.15) is 42.2 Å². The fourth-order valence-corrected chi connectivity index (χ4v) is 2.32. The van der Waals surface area contributed by atoms with E-state index < -0.39 is 0 Å². The van der Waals surface area contributed by atoms with Crippen molar-refractivity contribution in [2.24, 2.45) is 0 Å². The molecule has 1 aromatic heterocycles. The molecule has 0 fully saturated rings. The SMILES string of the molecule is CC(C)NC(=S)Nc1ccc2ccc(C(C)C)nc2c1.[HH].[HH]. The van der Waals surface area contributed by atoms with Gasteiger partial charge in [0, 0.05) is 25.7 Å². The number of pyridine rings is 1. The third kappa shape index (κ3) is 3.67. The number of anilines is 1. The van der Waals surface area contributed by atoms with E-state index in [1.54, 1.807) is 0 Å². The summed E-state index contributed by atoms with van der Waals surface area (Å²) in [4.78, 5) is 4.70. The molecule has 2 N–H and O–H groups in total. The van der Waals surface area contributed by atoms with Crippen LogP contribution in [0.25, 0.3) is 10.9 Å². The number of hydrogen-bond donors (Lipinski definition) is 2. The second-order valence-corrected chi connectivity index (χ2v) is 5.96. The van der Waals surface area contributed by atoms with Crippen LogP contribution < -0.4 is 10.6 Å². The van der Waals surface area contributed by atoms with Crippen LogP contribution in [-0.4, -0.2) is 16.1 Å². The Bertz CT molecular complexity index is 630. The summed E-state index contributed by atoms with van der Waals surface area (Å²) in [6.07, 6.45) is 0. The third-order valence-corrected chi connectivity index (χ3v) is 3.20. The lowest BCUT2D eigenvalue weighted by molar-refractivity contribution is 0.739. The Morgan fingerprint density at radius 3 is 2.50 bits per heavy atom. The Hall–Kier alpha value is -1.68. The summed E-state index contributed by atoms with van der Waals surface area (Å²) in [5.74, 6) is 0.430. The molecule has 110 valence electrons. The number of benzene rings is 1. The summed E-state index contributed by atoms with van der Waals surface area (Å²) in [7, 11) is 0. The van der Waals surface area contributed by atoms with Gasteiger partial charge >= 0.3 is 0 Å². The number of hydrogen-bond acceptors (Lipinski definition) is 2. The van der Waals surface area contributed by atoms with E-state index in [9.17, 15) is 0 Å². The molecule has 4 heteroatoms. The molecule has 0 saturated carbocycles. The normalized spacial score (nSPS) is 11.1. The number of fused-ring (bicyclic) bond motifs is 1. The van der Waals surface area contributed by atoms with E-state index in [2.05, 4.69) is 56.5 Å². The summed E-state index contributed by atoms with van der Waals surface area (Å²) in [6, 6.07) is 10.6. The highest BCUT2D eigenvalue weighted by molar-refractivity contribution is 7.80. The summed E-state index contributed by atoms with van der Waals surface area (Å²) in [5, 5.41) is 8.14. The molecule has 0 unspecified atom stereocenters. The van der Waals surface area contributed by atoms with Crippen LogP contribution in [0.2, 0.25) is 0 Å². The van der Waals surface area contributed by atoms with Gasteiger partial charge < -0.3 is 10.6 Å². The number of rotatable bonds is 3. The van der Waals surface area contributed by atoms with Crippen LogP contribution >= 0.6 is 12.2 Å². The average molecular weight is 291 g/mol. The zero-order chi connectivity index (χ0) is 14.7. The fraction of sp³-hybridized carbons (Fsp3) is 0.375. The zero-order valence-corrected chi connectivity index (χ0v) is 13.2. The van der Waals surface area contributed by atoms with Crippen LogP contribution in [-0.2, 0) is 0 Å². The van der Waals surface area contributed by atoms with Crippen molar-refractivity contribution in [3.05, 3.63) is 36.0 Å². The average Bonchev–Trinajstić information content (AvgIpc) is 2.36. The molecule has 0 radical (unpaired) electrons. The first-order chi connectivity index (χ1) is 9.45. The van der Waals surface area contributed by atoms with Crippen LogP contribution in [0.3, 0.4) is 0 Å². The Balaban J connectivity index is 0.00000220. The minimum Gasteiger partial charge on any atom is -0.360 e. The first-order valence-corrected chi connectivity index (χ1v) is 7.35. The van der Waals surface area contributed by atoms with Gasteiger partial charge in [-0.25, -0.2) is 0 Å². The smallest absolute Gasteiger partial charge is 0.170 e. The van der Waals surface area contributed by atoms with Gasteiger partial charge in [-0.15, -0.1) is 0 Å². The van der Waals surface area contributed by atoms with Crippen molar-refractivity contribution in [1.82, 2.24) is 10.3 Å². The van der Waals surface area contributed by atoms with Gasteiger partial charge in [-0.3, -0.25) is 4.98 Å². The zero-order valence-electron chi connectivity index (χ0n) is 12.4. The van der Waals surface area contributed by atoms with Gasteiger partial charge in [0.15, 0.2) is 5.11 Å². The van der Waals surface area contributed by atoms with Crippen molar-refractivity contribution < 1.29 is 2.85 Å². The third-order valence-electron chi connectivity index (χ3n) is 2.98. The van der Waals surface area contributed by atoms with Crippen molar-refractivity contribution in [2.45, 2.75) is 39.7 Å². The summed E-state index contributed by atoms with van der Waals surface area (Å²) in [6.45, 7) is 8.42. The minimum atomic E-state index is 0. The van der Waals surface area contributed by atoms with Gasteiger partial charge in [-0.2, -0.15) is 0 Å². The Kier molecular flexibility index (Phi) is 4.55. The van der Waals surface area contributed by atoms with E-state index in [0.29, 0.717) is 17.1 Å². The minimum absolute atomic E-state index is 0. The molecule has 0 aliphatic rings. The lowest BCUT2D eigenvalue weighted by Crippen LogP contribution is -2.33. The lowest BCUT2D eigenvalue weighted by Gasteiger charge is -2.13. The van der Waals surface area contributed by atoms with Crippen molar-refractivity contribution in [1.29, 1.82) is 0 Å². The van der Waals surface area contributed by atoms with E-state index >= 15 is 0 Å². The van der Waals surface area contributed by atoms with Crippen molar-refractivity contribution in [2.75, 3.05) is 5.32 Å². The van der Waals surface area contributed by atoms with Gasteiger partial charge in [0.1, 0.15) is 0 Å². The van der Waals surface area contributed by atoms with Crippen LogP contribution in [0.4, 0.5) is 5.69 Å². The predicted molar refractivity (Wildman–Crippen MR) is 94.6 cm³/mol. The van der Waals surface area contributed by atoms with E-state index in [4.69, 9.17) is 17.2 Å². The Labute approximate surface area is 128 Å². The second-order valence-electron chi connectivity index (χ2n) is 5.55. The molecule has 1 aromatic carbocycles. The molecule has 20 heavy (non-hydrogen) atoms. The van der Waals surface area contributed by atoms with Gasteiger partial charge in [-0.1, -0.05) is 26.0 Å². The molecule has 3 nitrogen and oxygen atoms in total. The highest BCUT2D eigenvalue weighted by Crippen LogP contribution is 2.21. The monoisotopic (exact) mass is 291 g/mol. The second kappa shape index (κ2) is 6.18. The summed E-state index contributed by atoms with van der Waals surface area (Å²) >= 11 is 5.26. The molecule has 0 amide bonds. The van der Waals surface area contributed by atoms with Crippen LogP contribution in [0.5, 0.6) is 0 Å².